The summed E-state index contributed by atoms with van der Waals surface area (Å²) >= 11 is 1.35. The lowest BCUT2D eigenvalue weighted by Gasteiger charge is -2.23. The number of thiazole rings is 1. The number of fused-ring (bicyclic) bond motifs is 1. The zero-order chi connectivity index (χ0) is 19.0. The molecule has 0 aliphatic carbocycles. The van der Waals surface area contributed by atoms with E-state index < -0.39 is 6.10 Å². The molecule has 2 N–H and O–H groups in total. The van der Waals surface area contributed by atoms with E-state index in [2.05, 4.69) is 15.6 Å². The second-order valence-electron chi connectivity index (χ2n) is 6.32. The maximum Gasteiger partial charge on any atom is 0.265 e. The van der Waals surface area contributed by atoms with E-state index in [1.165, 1.54) is 11.3 Å². The van der Waals surface area contributed by atoms with Gasteiger partial charge in [0.05, 0.1) is 11.4 Å². The van der Waals surface area contributed by atoms with Crippen LogP contribution >= 0.6 is 11.3 Å². The first kappa shape index (κ1) is 17.2. The number of aromatic nitrogens is 1. The molecule has 0 saturated heterocycles. The third kappa shape index (κ3) is 3.54. The number of carbonyl (C=O) groups is 2. The molecule has 4 rings (SSSR count). The van der Waals surface area contributed by atoms with E-state index in [1.807, 2.05) is 48.7 Å². The van der Waals surface area contributed by atoms with Crippen molar-refractivity contribution in [2.24, 2.45) is 0 Å². The number of ether oxygens (including phenoxy) is 1. The molecule has 0 unspecified atom stereocenters. The zero-order valence-electron chi connectivity index (χ0n) is 14.8. The Bertz CT molecular complexity index is 1040. The van der Waals surface area contributed by atoms with Gasteiger partial charge in [0, 0.05) is 16.5 Å². The highest BCUT2D eigenvalue weighted by Gasteiger charge is 2.24. The molecule has 2 aromatic carbocycles. The Morgan fingerprint density at radius 3 is 2.93 bits per heavy atom. The number of aryl methyl sites for hydroxylation is 1. The fourth-order valence-corrected chi connectivity index (χ4v) is 3.50. The van der Waals surface area contributed by atoms with Crippen LogP contribution in [0.4, 0.5) is 10.8 Å². The van der Waals surface area contributed by atoms with Crippen molar-refractivity contribution in [3.05, 3.63) is 59.0 Å². The number of amides is 2. The third-order valence-electron chi connectivity index (χ3n) is 4.21. The number of anilines is 2. The molecule has 0 fully saturated rings. The molecule has 1 aliphatic heterocycles. The fraction of sp³-hybridized carbons (Fsp3) is 0.150. The maximum absolute atomic E-state index is 12.4. The highest BCUT2D eigenvalue weighted by molar-refractivity contribution is 7.14. The Morgan fingerprint density at radius 1 is 1.26 bits per heavy atom. The van der Waals surface area contributed by atoms with E-state index in [9.17, 15) is 9.59 Å². The van der Waals surface area contributed by atoms with Crippen LogP contribution in [-0.2, 0) is 4.79 Å². The molecule has 0 spiro atoms. The summed E-state index contributed by atoms with van der Waals surface area (Å²) < 4.78 is 5.56. The molecule has 0 radical (unpaired) electrons. The molecule has 3 aromatic rings. The Morgan fingerprint density at radius 2 is 2.11 bits per heavy atom. The lowest BCUT2D eigenvalue weighted by Crippen LogP contribution is -2.34. The van der Waals surface area contributed by atoms with Gasteiger partial charge in [-0.15, -0.1) is 11.3 Å². The molecule has 0 saturated carbocycles. The normalized spacial score (nSPS) is 15.5. The molecule has 1 aliphatic rings. The third-order valence-corrected chi connectivity index (χ3v) is 4.97. The standard InChI is InChI=1S/C20H17N3O3S/c1-11-4-3-5-14(8-11)19(25)23-20-22-16(10-27-20)13-6-7-17-15(9-13)21-18(24)12(2)26-17/h3-10,12H,1-2H3,(H,21,24)(H,22,23,25)/t12-/m1/s1. The minimum atomic E-state index is -0.508. The van der Waals surface area contributed by atoms with Crippen LogP contribution in [0.1, 0.15) is 22.8 Å². The lowest BCUT2D eigenvalue weighted by molar-refractivity contribution is -0.122. The monoisotopic (exact) mass is 379 g/mol. The quantitative estimate of drug-likeness (QED) is 0.718. The van der Waals surface area contributed by atoms with Crippen molar-refractivity contribution >= 4 is 34.0 Å². The van der Waals surface area contributed by atoms with Crippen LogP contribution < -0.4 is 15.4 Å². The van der Waals surface area contributed by atoms with Crippen LogP contribution in [0.5, 0.6) is 5.75 Å². The van der Waals surface area contributed by atoms with Gasteiger partial charge in [0.1, 0.15) is 5.75 Å². The second kappa shape index (κ2) is 6.85. The van der Waals surface area contributed by atoms with Crippen LogP contribution in [-0.4, -0.2) is 22.9 Å². The summed E-state index contributed by atoms with van der Waals surface area (Å²) in [5.41, 5.74) is 3.79. The summed E-state index contributed by atoms with van der Waals surface area (Å²) in [7, 11) is 0. The van der Waals surface area contributed by atoms with Crippen molar-refractivity contribution < 1.29 is 14.3 Å². The largest absolute Gasteiger partial charge is 0.479 e. The van der Waals surface area contributed by atoms with Crippen LogP contribution in [0.2, 0.25) is 0 Å². The van der Waals surface area contributed by atoms with Crippen molar-refractivity contribution in [3.63, 3.8) is 0 Å². The van der Waals surface area contributed by atoms with Gasteiger partial charge in [-0.1, -0.05) is 17.7 Å². The topological polar surface area (TPSA) is 80.3 Å². The SMILES string of the molecule is Cc1cccc(C(=O)Nc2nc(-c3ccc4c(c3)NC(=O)[C@@H](C)O4)cs2)c1. The summed E-state index contributed by atoms with van der Waals surface area (Å²) in [4.78, 5) is 28.6. The van der Waals surface area contributed by atoms with Crippen LogP contribution in [0.25, 0.3) is 11.3 Å². The number of nitrogens with zero attached hydrogens (tertiary/aromatic N) is 1. The summed E-state index contributed by atoms with van der Waals surface area (Å²) in [6.45, 7) is 3.65. The van der Waals surface area contributed by atoms with Gasteiger partial charge >= 0.3 is 0 Å². The van der Waals surface area contributed by atoms with Crippen molar-refractivity contribution in [3.8, 4) is 17.0 Å². The molecule has 136 valence electrons. The van der Waals surface area contributed by atoms with Gasteiger partial charge in [-0.2, -0.15) is 0 Å². The van der Waals surface area contributed by atoms with Crippen molar-refractivity contribution in [2.75, 3.05) is 10.6 Å². The van der Waals surface area contributed by atoms with E-state index in [0.717, 1.165) is 16.8 Å². The number of hydrogen-bond donors (Lipinski definition) is 2. The van der Waals surface area contributed by atoms with Crippen molar-refractivity contribution in [1.82, 2.24) is 4.98 Å². The van der Waals surface area contributed by atoms with E-state index in [1.54, 1.807) is 13.0 Å². The van der Waals surface area contributed by atoms with E-state index in [0.29, 0.717) is 22.1 Å². The molecule has 0 bridgehead atoms. The molecule has 2 heterocycles. The second-order valence-corrected chi connectivity index (χ2v) is 7.18. The summed E-state index contributed by atoms with van der Waals surface area (Å²) in [6.07, 6.45) is -0.508. The highest BCUT2D eigenvalue weighted by Crippen LogP contribution is 2.35. The summed E-state index contributed by atoms with van der Waals surface area (Å²) in [5, 5.41) is 8.03. The van der Waals surface area contributed by atoms with Gasteiger partial charge in [0.15, 0.2) is 11.2 Å². The van der Waals surface area contributed by atoms with Gasteiger partial charge in [0.25, 0.3) is 11.8 Å². The average molecular weight is 379 g/mol. The summed E-state index contributed by atoms with van der Waals surface area (Å²) in [5.74, 6) is 0.262. The van der Waals surface area contributed by atoms with Gasteiger partial charge in [-0.25, -0.2) is 4.98 Å². The van der Waals surface area contributed by atoms with Crippen LogP contribution in [0.15, 0.2) is 47.8 Å². The van der Waals surface area contributed by atoms with Crippen LogP contribution in [0, 0.1) is 6.92 Å². The van der Waals surface area contributed by atoms with E-state index in [-0.39, 0.29) is 11.8 Å². The lowest BCUT2D eigenvalue weighted by atomic mass is 10.1. The van der Waals surface area contributed by atoms with Gasteiger partial charge in [0.2, 0.25) is 0 Å². The number of carbonyl (C=O) groups excluding carboxylic acids is 2. The van der Waals surface area contributed by atoms with Crippen molar-refractivity contribution in [2.45, 2.75) is 20.0 Å². The Hall–Kier alpha value is -3.19. The molecule has 1 atom stereocenters. The predicted molar refractivity (Wildman–Crippen MR) is 105 cm³/mol. The fourth-order valence-electron chi connectivity index (χ4n) is 2.79. The Balaban J connectivity index is 1.54. The highest BCUT2D eigenvalue weighted by atomic mass is 32.1. The Labute approximate surface area is 160 Å². The first-order chi connectivity index (χ1) is 13.0. The zero-order valence-corrected chi connectivity index (χ0v) is 15.6. The first-order valence-electron chi connectivity index (χ1n) is 8.45. The summed E-state index contributed by atoms with van der Waals surface area (Å²) in [6, 6.07) is 12.9. The molecule has 27 heavy (non-hydrogen) atoms. The van der Waals surface area contributed by atoms with E-state index >= 15 is 0 Å². The molecule has 1 aromatic heterocycles. The Kier molecular flexibility index (Phi) is 4.37. The number of rotatable bonds is 3. The van der Waals surface area contributed by atoms with Gasteiger partial charge in [-0.05, 0) is 44.2 Å². The number of benzene rings is 2. The smallest absolute Gasteiger partial charge is 0.265 e. The number of hydrogen-bond acceptors (Lipinski definition) is 5. The molecule has 7 heteroatoms. The average Bonchev–Trinajstić information content (AvgIpc) is 3.11. The maximum atomic E-state index is 12.4. The molecule has 2 amide bonds. The minimum absolute atomic E-state index is 0.177. The number of nitrogens with one attached hydrogen (secondary N) is 2. The predicted octanol–water partition coefficient (Wildman–Crippen LogP) is 4.09. The molecule has 6 nitrogen and oxygen atoms in total. The van der Waals surface area contributed by atoms with Gasteiger partial charge in [-0.3, -0.25) is 14.9 Å². The van der Waals surface area contributed by atoms with Crippen LogP contribution in [0.3, 0.4) is 0 Å². The molecular weight excluding hydrogens is 362 g/mol. The molecular formula is C20H17N3O3S. The minimum Gasteiger partial charge on any atom is -0.479 e. The van der Waals surface area contributed by atoms with Crippen molar-refractivity contribution in [1.29, 1.82) is 0 Å². The van der Waals surface area contributed by atoms with E-state index in [4.69, 9.17) is 4.74 Å². The first-order valence-corrected chi connectivity index (χ1v) is 9.33. The van der Waals surface area contributed by atoms with Gasteiger partial charge < -0.3 is 10.1 Å².